The first-order valence-corrected chi connectivity index (χ1v) is 8.03. The third kappa shape index (κ3) is 2.65. The van der Waals surface area contributed by atoms with Crippen LogP contribution >= 0.6 is 0 Å². The van der Waals surface area contributed by atoms with Gasteiger partial charge in [-0.15, -0.1) is 0 Å². The number of rotatable bonds is 2. The van der Waals surface area contributed by atoms with Gasteiger partial charge in [0.15, 0.2) is 0 Å². The van der Waals surface area contributed by atoms with E-state index < -0.39 is 0 Å². The van der Waals surface area contributed by atoms with Gasteiger partial charge in [-0.3, -0.25) is 0 Å². The Hall–Kier alpha value is -2.73. The number of nitriles is 1. The van der Waals surface area contributed by atoms with E-state index in [1.54, 1.807) is 13.0 Å². The first kappa shape index (κ1) is 16.1. The van der Waals surface area contributed by atoms with Crippen molar-refractivity contribution < 1.29 is 4.39 Å². The van der Waals surface area contributed by atoms with Crippen molar-refractivity contribution in [1.82, 2.24) is 4.98 Å². The van der Waals surface area contributed by atoms with Crippen LogP contribution in [0.2, 0.25) is 0 Å². The lowest BCUT2D eigenvalue weighted by molar-refractivity contribution is 0.619. The molecule has 1 aromatic heterocycles. The number of nitrogens with zero attached hydrogens (tertiary/aromatic N) is 2. The number of hydrogen-bond donors (Lipinski definition) is 0. The summed E-state index contributed by atoms with van der Waals surface area (Å²) in [5.74, 6) is -0.0604. The number of aromatic nitrogens is 1. The fraction of sp³-hybridized carbons (Fsp3) is 0.238. The molecule has 0 unspecified atom stereocenters. The number of benzene rings is 2. The molecular weight excluding hydrogens is 299 g/mol. The van der Waals surface area contributed by atoms with E-state index in [2.05, 4.69) is 24.9 Å². The van der Waals surface area contributed by atoms with Crippen molar-refractivity contribution in [2.75, 3.05) is 0 Å². The van der Waals surface area contributed by atoms with E-state index >= 15 is 0 Å². The van der Waals surface area contributed by atoms with E-state index in [0.717, 1.165) is 33.2 Å². The minimum Gasteiger partial charge on any atom is -0.241 e. The summed E-state index contributed by atoms with van der Waals surface area (Å²) in [4.78, 5) is 4.63. The van der Waals surface area contributed by atoms with Crippen LogP contribution in [0.3, 0.4) is 0 Å². The Kier molecular flexibility index (Phi) is 4.07. The molecule has 0 amide bonds. The molecule has 3 rings (SSSR count). The van der Waals surface area contributed by atoms with Gasteiger partial charge in [0.05, 0.1) is 5.69 Å². The molecule has 120 valence electrons. The fourth-order valence-corrected chi connectivity index (χ4v) is 3.05. The number of aryl methyl sites for hydroxylation is 2. The molecule has 0 aliphatic rings. The van der Waals surface area contributed by atoms with Gasteiger partial charge in [0.25, 0.3) is 0 Å². The highest BCUT2D eigenvalue weighted by molar-refractivity contribution is 6.00. The summed E-state index contributed by atoms with van der Waals surface area (Å²) in [6.45, 7) is 7.88. The largest absolute Gasteiger partial charge is 0.241 e. The molecule has 0 aliphatic heterocycles. The van der Waals surface area contributed by atoms with Crippen LogP contribution in [0.5, 0.6) is 0 Å². The van der Waals surface area contributed by atoms with Crippen LogP contribution in [0.1, 0.15) is 42.3 Å². The molecule has 0 bridgehead atoms. The maximum absolute atomic E-state index is 13.7. The molecule has 3 heteroatoms. The summed E-state index contributed by atoms with van der Waals surface area (Å²) < 4.78 is 13.7. The van der Waals surface area contributed by atoms with Crippen molar-refractivity contribution in [2.45, 2.75) is 33.6 Å². The van der Waals surface area contributed by atoms with Gasteiger partial charge in [-0.25, -0.2) is 9.37 Å². The SMILES string of the molecule is Cc1ccc2c(-c3ccc(F)c(C)c3)c(C(C)C)nc(C#N)c2c1. The van der Waals surface area contributed by atoms with Gasteiger partial charge in [0, 0.05) is 10.9 Å². The highest BCUT2D eigenvalue weighted by atomic mass is 19.1. The minimum atomic E-state index is -0.216. The van der Waals surface area contributed by atoms with Crippen LogP contribution < -0.4 is 0 Å². The van der Waals surface area contributed by atoms with Crippen molar-refractivity contribution in [3.05, 3.63) is 64.7 Å². The van der Waals surface area contributed by atoms with E-state index in [9.17, 15) is 9.65 Å². The smallest absolute Gasteiger partial charge is 0.148 e. The second kappa shape index (κ2) is 6.05. The van der Waals surface area contributed by atoms with Crippen molar-refractivity contribution in [1.29, 1.82) is 5.26 Å². The second-order valence-corrected chi connectivity index (χ2v) is 6.50. The van der Waals surface area contributed by atoms with Crippen molar-refractivity contribution >= 4 is 10.8 Å². The Morgan fingerprint density at radius 3 is 2.42 bits per heavy atom. The van der Waals surface area contributed by atoms with Gasteiger partial charge >= 0.3 is 0 Å². The lowest BCUT2D eigenvalue weighted by atomic mass is 9.90. The summed E-state index contributed by atoms with van der Waals surface area (Å²) in [6, 6.07) is 13.4. The normalized spacial score (nSPS) is 11.0. The predicted molar refractivity (Wildman–Crippen MR) is 95.4 cm³/mol. The maximum Gasteiger partial charge on any atom is 0.148 e. The Balaban J connectivity index is 2.46. The zero-order valence-corrected chi connectivity index (χ0v) is 14.3. The topological polar surface area (TPSA) is 36.7 Å². The van der Waals surface area contributed by atoms with Crippen LogP contribution in [0.25, 0.3) is 21.9 Å². The molecule has 2 aromatic carbocycles. The van der Waals surface area contributed by atoms with Gasteiger partial charge in [0.2, 0.25) is 0 Å². The van der Waals surface area contributed by atoms with Crippen LogP contribution in [0.4, 0.5) is 4.39 Å². The molecule has 0 radical (unpaired) electrons. The van der Waals surface area contributed by atoms with Crippen LogP contribution in [0.15, 0.2) is 36.4 Å². The Bertz CT molecular complexity index is 981. The summed E-state index contributed by atoms with van der Waals surface area (Å²) in [5.41, 5.74) is 4.92. The summed E-state index contributed by atoms with van der Waals surface area (Å²) in [5, 5.41) is 11.3. The van der Waals surface area contributed by atoms with Gasteiger partial charge < -0.3 is 0 Å². The van der Waals surface area contributed by atoms with E-state index in [-0.39, 0.29) is 11.7 Å². The molecule has 3 aromatic rings. The number of halogens is 1. The molecule has 0 aliphatic carbocycles. The molecule has 0 fully saturated rings. The lowest BCUT2D eigenvalue weighted by Gasteiger charge is -2.17. The molecule has 0 atom stereocenters. The van der Waals surface area contributed by atoms with Gasteiger partial charge in [-0.05, 0) is 54.5 Å². The third-order valence-electron chi connectivity index (χ3n) is 4.29. The second-order valence-electron chi connectivity index (χ2n) is 6.50. The molecule has 0 spiro atoms. The highest BCUT2D eigenvalue weighted by Gasteiger charge is 2.18. The Labute approximate surface area is 141 Å². The monoisotopic (exact) mass is 318 g/mol. The van der Waals surface area contributed by atoms with Crippen molar-refractivity contribution in [2.24, 2.45) is 0 Å². The maximum atomic E-state index is 13.7. The molecule has 24 heavy (non-hydrogen) atoms. The van der Waals surface area contributed by atoms with Crippen LogP contribution in [-0.2, 0) is 0 Å². The predicted octanol–water partition coefficient (Wildman–Crippen LogP) is 5.65. The number of hydrogen-bond acceptors (Lipinski definition) is 2. The average molecular weight is 318 g/mol. The molecular formula is C21H19FN2. The third-order valence-corrected chi connectivity index (χ3v) is 4.29. The Morgan fingerprint density at radius 2 is 1.79 bits per heavy atom. The molecule has 0 saturated carbocycles. The van der Waals surface area contributed by atoms with E-state index in [0.29, 0.717) is 11.3 Å². The quantitative estimate of drug-likeness (QED) is 0.612. The summed E-state index contributed by atoms with van der Waals surface area (Å²) in [6.07, 6.45) is 0. The zero-order valence-electron chi connectivity index (χ0n) is 14.3. The van der Waals surface area contributed by atoms with Crippen LogP contribution in [0, 0.1) is 31.0 Å². The fourth-order valence-electron chi connectivity index (χ4n) is 3.05. The summed E-state index contributed by atoms with van der Waals surface area (Å²) in [7, 11) is 0. The molecule has 1 heterocycles. The molecule has 0 saturated heterocycles. The van der Waals surface area contributed by atoms with Crippen LogP contribution in [-0.4, -0.2) is 4.98 Å². The highest BCUT2D eigenvalue weighted by Crippen LogP contribution is 2.36. The number of fused-ring (bicyclic) bond motifs is 1. The zero-order chi connectivity index (χ0) is 17.4. The molecule has 0 N–H and O–H groups in total. The average Bonchev–Trinajstić information content (AvgIpc) is 2.55. The first-order valence-electron chi connectivity index (χ1n) is 8.03. The van der Waals surface area contributed by atoms with Gasteiger partial charge in [-0.1, -0.05) is 37.6 Å². The number of pyridine rings is 1. The van der Waals surface area contributed by atoms with Gasteiger partial charge in [-0.2, -0.15) is 5.26 Å². The standard InChI is InChI=1S/C21H19FN2/c1-12(2)21-20(15-6-8-18(22)14(4)10-15)16-7-5-13(3)9-17(16)19(11-23)24-21/h5-10,12H,1-4H3. The van der Waals surface area contributed by atoms with E-state index in [1.807, 2.05) is 31.2 Å². The summed E-state index contributed by atoms with van der Waals surface area (Å²) >= 11 is 0. The van der Waals surface area contributed by atoms with E-state index in [1.165, 1.54) is 6.07 Å². The minimum absolute atomic E-state index is 0.156. The van der Waals surface area contributed by atoms with Crippen molar-refractivity contribution in [3.63, 3.8) is 0 Å². The van der Waals surface area contributed by atoms with E-state index in [4.69, 9.17) is 0 Å². The van der Waals surface area contributed by atoms with Gasteiger partial charge in [0.1, 0.15) is 17.6 Å². The molecule has 2 nitrogen and oxygen atoms in total. The van der Waals surface area contributed by atoms with Crippen molar-refractivity contribution in [3.8, 4) is 17.2 Å². The first-order chi connectivity index (χ1) is 11.4. The lowest BCUT2D eigenvalue weighted by Crippen LogP contribution is -2.02. The Morgan fingerprint density at radius 1 is 1.04 bits per heavy atom.